The monoisotopic (exact) mass is 362 g/mol. The molecule has 0 aliphatic heterocycles. The molecule has 4 aliphatic rings. The highest BCUT2D eigenvalue weighted by molar-refractivity contribution is 5.87. The SMILES string of the molecule is CC.CC(=O)[C@H]1CCC2C3CCC4C[C@H](O)CC[C@]4(C)C3C(=O)C[C@@]21C. The first-order valence-electron chi connectivity index (χ1n) is 11.0. The van der Waals surface area contributed by atoms with Gasteiger partial charge in [0.1, 0.15) is 11.6 Å². The minimum atomic E-state index is -0.169. The Morgan fingerprint density at radius 2 is 1.73 bits per heavy atom. The van der Waals surface area contributed by atoms with Crippen molar-refractivity contribution in [2.45, 2.75) is 92.1 Å². The summed E-state index contributed by atoms with van der Waals surface area (Å²) >= 11 is 0. The van der Waals surface area contributed by atoms with E-state index in [1.807, 2.05) is 13.8 Å². The van der Waals surface area contributed by atoms with Crippen molar-refractivity contribution in [3.63, 3.8) is 0 Å². The standard InChI is InChI=1S/C21H32O3.C2H6/c1-12(22)16-6-7-17-15-5-4-13-10-14(23)8-9-20(13,2)19(15)18(24)11-21(16,17)3;1-2/h13-17,19,23H,4-11H2,1-3H3;1-2H3/t13?,14-,15?,16-,17?,19?,20+,21-;/m1./s1. The second-order valence-corrected chi connectivity index (χ2v) is 9.85. The molecule has 4 saturated carbocycles. The zero-order chi connectivity index (χ0) is 19.3. The Morgan fingerprint density at radius 1 is 1.04 bits per heavy atom. The van der Waals surface area contributed by atoms with Crippen LogP contribution in [0.25, 0.3) is 0 Å². The molecule has 148 valence electrons. The van der Waals surface area contributed by atoms with Crippen LogP contribution in [-0.4, -0.2) is 22.8 Å². The molecule has 8 atom stereocenters. The molecule has 0 bridgehead atoms. The molecule has 0 saturated heterocycles. The number of aliphatic hydroxyl groups is 1. The van der Waals surface area contributed by atoms with Crippen molar-refractivity contribution < 1.29 is 14.7 Å². The van der Waals surface area contributed by atoms with Gasteiger partial charge in [-0.2, -0.15) is 0 Å². The van der Waals surface area contributed by atoms with Crippen LogP contribution in [0.3, 0.4) is 0 Å². The Hall–Kier alpha value is -0.700. The molecule has 3 nitrogen and oxygen atoms in total. The van der Waals surface area contributed by atoms with Crippen LogP contribution in [0, 0.1) is 40.4 Å². The molecule has 0 spiro atoms. The number of ketones is 2. The van der Waals surface area contributed by atoms with Gasteiger partial charge in [0.25, 0.3) is 0 Å². The number of fused-ring (bicyclic) bond motifs is 5. The molecule has 26 heavy (non-hydrogen) atoms. The van der Waals surface area contributed by atoms with Crippen LogP contribution in [0.5, 0.6) is 0 Å². The molecule has 0 radical (unpaired) electrons. The van der Waals surface area contributed by atoms with E-state index in [2.05, 4.69) is 13.8 Å². The summed E-state index contributed by atoms with van der Waals surface area (Å²) in [5.74, 6) is 2.48. The number of carbonyl (C=O) groups excluding carboxylic acids is 2. The van der Waals surface area contributed by atoms with Crippen molar-refractivity contribution in [3.05, 3.63) is 0 Å². The minimum Gasteiger partial charge on any atom is -0.393 e. The first-order chi connectivity index (χ1) is 12.3. The fraction of sp³-hybridized carbons (Fsp3) is 0.913. The highest BCUT2D eigenvalue weighted by Crippen LogP contribution is 2.66. The van der Waals surface area contributed by atoms with Gasteiger partial charge in [0.05, 0.1) is 6.10 Å². The molecule has 0 heterocycles. The lowest BCUT2D eigenvalue weighted by Gasteiger charge is -2.59. The van der Waals surface area contributed by atoms with Crippen LogP contribution in [0.2, 0.25) is 0 Å². The number of hydrogen-bond donors (Lipinski definition) is 1. The van der Waals surface area contributed by atoms with E-state index in [0.29, 0.717) is 30.0 Å². The van der Waals surface area contributed by atoms with Gasteiger partial charge in [0.15, 0.2) is 0 Å². The van der Waals surface area contributed by atoms with Gasteiger partial charge >= 0.3 is 0 Å². The fourth-order valence-electron chi connectivity index (χ4n) is 7.72. The summed E-state index contributed by atoms with van der Waals surface area (Å²) in [6.07, 6.45) is 7.53. The lowest BCUT2D eigenvalue weighted by Crippen LogP contribution is -2.58. The number of hydrogen-bond acceptors (Lipinski definition) is 3. The molecule has 0 aromatic carbocycles. The number of aliphatic hydroxyl groups excluding tert-OH is 1. The van der Waals surface area contributed by atoms with Crippen LogP contribution in [0.4, 0.5) is 0 Å². The molecule has 4 aliphatic carbocycles. The third kappa shape index (κ3) is 2.80. The predicted molar refractivity (Wildman–Crippen MR) is 104 cm³/mol. The summed E-state index contributed by atoms with van der Waals surface area (Å²) in [4.78, 5) is 25.5. The van der Waals surface area contributed by atoms with Crippen molar-refractivity contribution in [2.24, 2.45) is 40.4 Å². The molecular weight excluding hydrogens is 324 g/mol. The summed E-state index contributed by atoms with van der Waals surface area (Å²) in [5, 5.41) is 10.1. The Labute approximate surface area is 159 Å². The summed E-state index contributed by atoms with van der Waals surface area (Å²) in [5.41, 5.74) is -0.0175. The van der Waals surface area contributed by atoms with E-state index in [4.69, 9.17) is 0 Å². The largest absolute Gasteiger partial charge is 0.393 e. The smallest absolute Gasteiger partial charge is 0.137 e. The first kappa shape index (κ1) is 20.0. The topological polar surface area (TPSA) is 54.4 Å². The molecule has 1 N–H and O–H groups in total. The van der Waals surface area contributed by atoms with Crippen molar-refractivity contribution >= 4 is 11.6 Å². The van der Waals surface area contributed by atoms with Gasteiger partial charge in [-0.25, -0.2) is 0 Å². The van der Waals surface area contributed by atoms with E-state index in [1.54, 1.807) is 6.92 Å². The molecule has 0 aromatic heterocycles. The Kier molecular flexibility index (Phi) is 5.42. The van der Waals surface area contributed by atoms with Crippen LogP contribution < -0.4 is 0 Å². The number of Topliss-reactive ketones (excluding diaryl/α,β-unsaturated/α-hetero) is 2. The second kappa shape index (κ2) is 7.04. The highest BCUT2D eigenvalue weighted by Gasteiger charge is 2.63. The van der Waals surface area contributed by atoms with Gasteiger partial charge in [0.2, 0.25) is 0 Å². The van der Waals surface area contributed by atoms with Gasteiger partial charge < -0.3 is 5.11 Å². The molecule has 4 rings (SSSR count). The molecule has 3 heteroatoms. The lowest BCUT2D eigenvalue weighted by molar-refractivity contribution is -0.162. The van der Waals surface area contributed by atoms with E-state index >= 15 is 0 Å². The Bertz CT molecular complexity index is 570. The third-order valence-electron chi connectivity index (χ3n) is 8.81. The predicted octanol–water partition coefficient (Wildman–Crippen LogP) is 4.80. The second-order valence-electron chi connectivity index (χ2n) is 9.85. The van der Waals surface area contributed by atoms with Crippen molar-refractivity contribution in [1.82, 2.24) is 0 Å². The third-order valence-corrected chi connectivity index (χ3v) is 8.81. The molecular formula is C23H38O3. The summed E-state index contributed by atoms with van der Waals surface area (Å²) in [6, 6.07) is 0. The van der Waals surface area contributed by atoms with Crippen LogP contribution in [0.15, 0.2) is 0 Å². The summed E-state index contributed by atoms with van der Waals surface area (Å²) in [7, 11) is 0. The van der Waals surface area contributed by atoms with Crippen molar-refractivity contribution in [2.75, 3.05) is 0 Å². The zero-order valence-electron chi connectivity index (χ0n) is 17.4. The number of carbonyl (C=O) groups is 2. The van der Waals surface area contributed by atoms with E-state index < -0.39 is 0 Å². The normalized spacial score (nSPS) is 50.0. The summed E-state index contributed by atoms with van der Waals surface area (Å²) < 4.78 is 0. The zero-order valence-corrected chi connectivity index (χ0v) is 17.4. The van der Waals surface area contributed by atoms with Gasteiger partial charge in [-0.05, 0) is 80.5 Å². The maximum absolute atomic E-state index is 13.3. The average molecular weight is 363 g/mol. The highest BCUT2D eigenvalue weighted by atomic mass is 16.3. The Balaban J connectivity index is 0.000000948. The van der Waals surface area contributed by atoms with Crippen LogP contribution in [0.1, 0.15) is 86.0 Å². The number of rotatable bonds is 1. The van der Waals surface area contributed by atoms with Crippen molar-refractivity contribution in [3.8, 4) is 0 Å². The summed E-state index contributed by atoms with van der Waals surface area (Å²) in [6.45, 7) is 10.3. The maximum atomic E-state index is 13.3. The van der Waals surface area contributed by atoms with Crippen LogP contribution >= 0.6 is 0 Å². The van der Waals surface area contributed by atoms with Crippen LogP contribution in [-0.2, 0) is 9.59 Å². The van der Waals surface area contributed by atoms with Crippen molar-refractivity contribution in [1.29, 1.82) is 0 Å². The first-order valence-corrected chi connectivity index (χ1v) is 11.0. The fourth-order valence-corrected chi connectivity index (χ4v) is 7.72. The lowest BCUT2D eigenvalue weighted by atomic mass is 9.44. The Morgan fingerprint density at radius 3 is 2.38 bits per heavy atom. The average Bonchev–Trinajstić information content (AvgIpc) is 2.93. The molecule has 0 amide bonds. The van der Waals surface area contributed by atoms with Gasteiger partial charge in [0, 0.05) is 18.3 Å². The van der Waals surface area contributed by atoms with E-state index in [9.17, 15) is 14.7 Å². The molecule has 0 aromatic rings. The quantitative estimate of drug-likeness (QED) is 0.729. The minimum absolute atomic E-state index is 0.0782. The molecule has 4 fully saturated rings. The maximum Gasteiger partial charge on any atom is 0.137 e. The van der Waals surface area contributed by atoms with Gasteiger partial charge in [-0.3, -0.25) is 9.59 Å². The van der Waals surface area contributed by atoms with E-state index in [1.165, 1.54) is 0 Å². The van der Waals surface area contributed by atoms with Gasteiger partial charge in [-0.15, -0.1) is 0 Å². The van der Waals surface area contributed by atoms with E-state index in [0.717, 1.165) is 44.9 Å². The molecule has 4 unspecified atom stereocenters. The van der Waals surface area contributed by atoms with E-state index in [-0.39, 0.29) is 34.6 Å². The van der Waals surface area contributed by atoms with Gasteiger partial charge in [-0.1, -0.05) is 27.7 Å².